The Balaban J connectivity index is 2.25. The molecule has 0 aliphatic carbocycles. The maximum atomic E-state index is 6.41. The first kappa shape index (κ1) is 14.7. The highest BCUT2D eigenvalue weighted by atomic mass is 79.9. The van der Waals surface area contributed by atoms with Gasteiger partial charge in [0.2, 0.25) is 0 Å². The lowest BCUT2D eigenvalue weighted by atomic mass is 10.1. The van der Waals surface area contributed by atoms with Gasteiger partial charge in [-0.25, -0.2) is 0 Å². The fourth-order valence-electron chi connectivity index (χ4n) is 2.46. The molecule has 1 saturated heterocycles. The summed E-state index contributed by atoms with van der Waals surface area (Å²) < 4.78 is 7.20. The zero-order chi connectivity index (χ0) is 14.2. The van der Waals surface area contributed by atoms with Gasteiger partial charge in [-0.15, -0.1) is 0 Å². The SMILES string of the molecule is C=CN1CCC(Oc2c(C)cc(Br)c(C)c2Cl)[C@@H]1C. The van der Waals surface area contributed by atoms with Crippen LogP contribution in [0.15, 0.2) is 23.3 Å². The van der Waals surface area contributed by atoms with Crippen molar-refractivity contribution < 1.29 is 4.74 Å². The minimum absolute atomic E-state index is 0.162. The highest BCUT2D eigenvalue weighted by Crippen LogP contribution is 2.38. The summed E-state index contributed by atoms with van der Waals surface area (Å²) in [5.41, 5.74) is 2.08. The number of benzene rings is 1. The average Bonchev–Trinajstić information content (AvgIpc) is 2.73. The Morgan fingerprint density at radius 1 is 1.53 bits per heavy atom. The van der Waals surface area contributed by atoms with E-state index in [0.717, 1.165) is 34.3 Å². The van der Waals surface area contributed by atoms with Gasteiger partial charge in [0.25, 0.3) is 0 Å². The quantitative estimate of drug-likeness (QED) is 0.787. The molecule has 0 amide bonds. The Morgan fingerprint density at radius 3 is 2.79 bits per heavy atom. The second-order valence-corrected chi connectivity index (χ2v) is 6.28. The summed E-state index contributed by atoms with van der Waals surface area (Å²) in [5, 5.41) is 0.705. The standard InChI is InChI=1S/C15H19BrClNO/c1-5-18-7-6-13(11(18)4)19-15-9(2)8-12(16)10(3)14(15)17/h5,8,11,13H,1,6-7H2,2-4H3/t11-,13?/m0/s1. The lowest BCUT2D eigenvalue weighted by Crippen LogP contribution is -2.32. The summed E-state index contributed by atoms with van der Waals surface area (Å²) in [6.45, 7) is 11.0. The van der Waals surface area contributed by atoms with Crippen molar-refractivity contribution in [2.75, 3.05) is 6.54 Å². The van der Waals surface area contributed by atoms with E-state index < -0.39 is 0 Å². The topological polar surface area (TPSA) is 12.5 Å². The number of halogens is 2. The van der Waals surface area contributed by atoms with Crippen LogP contribution in [-0.2, 0) is 0 Å². The normalized spacial score (nSPS) is 22.7. The monoisotopic (exact) mass is 343 g/mol. The molecule has 4 heteroatoms. The van der Waals surface area contributed by atoms with E-state index in [1.807, 2.05) is 20.0 Å². The van der Waals surface area contributed by atoms with Crippen molar-refractivity contribution in [1.29, 1.82) is 0 Å². The van der Waals surface area contributed by atoms with Crippen molar-refractivity contribution >= 4 is 27.5 Å². The Hall–Kier alpha value is -0.670. The van der Waals surface area contributed by atoms with Gasteiger partial charge in [-0.1, -0.05) is 34.1 Å². The van der Waals surface area contributed by atoms with E-state index in [0.29, 0.717) is 11.1 Å². The number of hydrogen-bond donors (Lipinski definition) is 0. The first-order valence-electron chi connectivity index (χ1n) is 6.45. The van der Waals surface area contributed by atoms with Gasteiger partial charge in [0.05, 0.1) is 11.1 Å². The lowest BCUT2D eigenvalue weighted by molar-refractivity contribution is 0.166. The van der Waals surface area contributed by atoms with Crippen molar-refractivity contribution in [3.8, 4) is 5.75 Å². The smallest absolute Gasteiger partial charge is 0.141 e. The molecule has 19 heavy (non-hydrogen) atoms. The predicted octanol–water partition coefficient (Wildman–Crippen LogP) is 4.70. The number of likely N-dealkylation sites (tertiary alicyclic amines) is 1. The van der Waals surface area contributed by atoms with Gasteiger partial charge >= 0.3 is 0 Å². The maximum Gasteiger partial charge on any atom is 0.141 e. The summed E-state index contributed by atoms with van der Waals surface area (Å²) in [7, 11) is 0. The molecule has 0 saturated carbocycles. The third kappa shape index (κ3) is 2.77. The van der Waals surface area contributed by atoms with E-state index in [2.05, 4.69) is 40.4 Å². The van der Waals surface area contributed by atoms with E-state index in [9.17, 15) is 0 Å². The second kappa shape index (κ2) is 5.76. The predicted molar refractivity (Wildman–Crippen MR) is 84.0 cm³/mol. The summed E-state index contributed by atoms with van der Waals surface area (Å²) in [6.07, 6.45) is 3.04. The van der Waals surface area contributed by atoms with Gasteiger partial charge in [0.1, 0.15) is 11.9 Å². The molecule has 2 atom stereocenters. The highest BCUT2D eigenvalue weighted by molar-refractivity contribution is 9.10. The molecule has 1 aromatic carbocycles. The van der Waals surface area contributed by atoms with Crippen LogP contribution in [0, 0.1) is 13.8 Å². The molecule has 1 aliphatic rings. The fraction of sp³-hybridized carbons (Fsp3) is 0.467. The molecular weight excluding hydrogens is 326 g/mol. The fourth-order valence-corrected chi connectivity index (χ4v) is 3.41. The van der Waals surface area contributed by atoms with Crippen LogP contribution in [0.3, 0.4) is 0 Å². The molecule has 1 heterocycles. The van der Waals surface area contributed by atoms with Crippen molar-refractivity contribution in [1.82, 2.24) is 4.90 Å². The molecule has 0 N–H and O–H groups in total. The van der Waals surface area contributed by atoms with E-state index in [-0.39, 0.29) is 6.10 Å². The Kier molecular flexibility index (Phi) is 4.46. The molecule has 2 rings (SSSR count). The number of aryl methyl sites for hydroxylation is 1. The molecular formula is C15H19BrClNO. The Morgan fingerprint density at radius 2 is 2.21 bits per heavy atom. The van der Waals surface area contributed by atoms with Crippen LogP contribution < -0.4 is 4.74 Å². The molecule has 0 radical (unpaired) electrons. The van der Waals surface area contributed by atoms with Crippen molar-refractivity contribution in [3.05, 3.63) is 39.5 Å². The zero-order valence-electron chi connectivity index (χ0n) is 11.5. The zero-order valence-corrected chi connectivity index (χ0v) is 13.9. The number of hydrogen-bond acceptors (Lipinski definition) is 2. The van der Waals surface area contributed by atoms with Crippen LogP contribution in [0.4, 0.5) is 0 Å². The van der Waals surface area contributed by atoms with Gasteiger partial charge < -0.3 is 9.64 Å². The second-order valence-electron chi connectivity index (χ2n) is 5.05. The van der Waals surface area contributed by atoms with Gasteiger partial charge in [-0.2, -0.15) is 0 Å². The van der Waals surface area contributed by atoms with Crippen molar-refractivity contribution in [3.63, 3.8) is 0 Å². The molecule has 104 valence electrons. The molecule has 1 fully saturated rings. The largest absolute Gasteiger partial charge is 0.486 e. The first-order valence-corrected chi connectivity index (χ1v) is 7.63. The number of rotatable bonds is 3. The van der Waals surface area contributed by atoms with Crippen LogP contribution in [0.1, 0.15) is 24.5 Å². The van der Waals surface area contributed by atoms with Crippen LogP contribution in [0.25, 0.3) is 0 Å². The van der Waals surface area contributed by atoms with E-state index in [1.54, 1.807) is 0 Å². The van der Waals surface area contributed by atoms with Crippen LogP contribution in [-0.4, -0.2) is 23.6 Å². The van der Waals surface area contributed by atoms with Gasteiger partial charge in [-0.3, -0.25) is 0 Å². The molecule has 0 bridgehead atoms. The summed E-state index contributed by atoms with van der Waals surface area (Å²) in [5.74, 6) is 0.810. The molecule has 2 nitrogen and oxygen atoms in total. The molecule has 0 aromatic heterocycles. The van der Waals surface area contributed by atoms with Crippen LogP contribution in [0.2, 0.25) is 5.02 Å². The van der Waals surface area contributed by atoms with E-state index >= 15 is 0 Å². The minimum atomic E-state index is 0.162. The van der Waals surface area contributed by atoms with Gasteiger partial charge in [-0.05, 0) is 44.2 Å². The molecule has 1 aromatic rings. The van der Waals surface area contributed by atoms with Crippen LogP contribution >= 0.6 is 27.5 Å². The van der Waals surface area contributed by atoms with Crippen molar-refractivity contribution in [2.24, 2.45) is 0 Å². The number of ether oxygens (including phenoxy) is 1. The average molecular weight is 345 g/mol. The Bertz CT molecular complexity index is 503. The lowest BCUT2D eigenvalue weighted by Gasteiger charge is -2.25. The van der Waals surface area contributed by atoms with Crippen LogP contribution in [0.5, 0.6) is 5.75 Å². The summed E-state index contributed by atoms with van der Waals surface area (Å²) >= 11 is 9.93. The van der Waals surface area contributed by atoms with Crippen molar-refractivity contribution in [2.45, 2.75) is 39.3 Å². The first-order chi connectivity index (χ1) is 8.95. The highest BCUT2D eigenvalue weighted by Gasteiger charge is 2.31. The third-order valence-electron chi connectivity index (χ3n) is 3.82. The maximum absolute atomic E-state index is 6.41. The summed E-state index contributed by atoms with van der Waals surface area (Å²) in [6, 6.07) is 2.39. The third-order valence-corrected chi connectivity index (χ3v) is 5.10. The van der Waals surface area contributed by atoms with Gasteiger partial charge in [0, 0.05) is 17.4 Å². The van der Waals surface area contributed by atoms with Gasteiger partial charge in [0.15, 0.2) is 0 Å². The summed E-state index contributed by atoms with van der Waals surface area (Å²) in [4.78, 5) is 2.21. The minimum Gasteiger partial charge on any atom is -0.486 e. The van der Waals surface area contributed by atoms with E-state index in [1.165, 1.54) is 0 Å². The molecule has 1 aliphatic heterocycles. The van der Waals surface area contributed by atoms with E-state index in [4.69, 9.17) is 16.3 Å². The molecule has 0 spiro atoms. The number of nitrogens with zero attached hydrogens (tertiary/aromatic N) is 1. The Labute approximate surface area is 128 Å². The molecule has 1 unspecified atom stereocenters.